The predicted molar refractivity (Wildman–Crippen MR) is 221 cm³/mol. The van der Waals surface area contributed by atoms with E-state index in [1.807, 2.05) is 23.6 Å². The molecule has 52 heavy (non-hydrogen) atoms. The predicted octanol–water partition coefficient (Wildman–Crippen LogP) is 13.6. The highest BCUT2D eigenvalue weighted by Gasteiger charge is 2.38. The molecular formula is C49H32N2S. The standard InChI is InChI=1S/C49H32N2S/c1-49(2)40-18-10-8-16-37(40)44-41(49)27-39(48-45(44)38-17-9-11-19-43(38)52-48)35-23-24-36(34-15-7-6-14-33(34)35)42-25-22-30-20-21-31-26-32(29-12-4-3-5-13-29)28-50-46(31)47(30)51-42/h3-28H,1-2H3. The van der Waals surface area contributed by atoms with Gasteiger partial charge in [-0.25, -0.2) is 4.98 Å². The molecule has 3 heteroatoms. The van der Waals surface area contributed by atoms with E-state index >= 15 is 0 Å². The molecule has 0 fully saturated rings. The van der Waals surface area contributed by atoms with Crippen molar-refractivity contribution in [3.8, 4) is 44.6 Å². The van der Waals surface area contributed by atoms with Gasteiger partial charge in [-0.2, -0.15) is 0 Å². The van der Waals surface area contributed by atoms with Gasteiger partial charge in [-0.1, -0.05) is 141 Å². The van der Waals surface area contributed by atoms with Gasteiger partial charge < -0.3 is 0 Å². The number of thiophene rings is 1. The monoisotopic (exact) mass is 680 g/mol. The third-order valence-corrected chi connectivity index (χ3v) is 12.5. The van der Waals surface area contributed by atoms with Gasteiger partial charge in [0, 0.05) is 59.2 Å². The molecule has 244 valence electrons. The van der Waals surface area contributed by atoms with Gasteiger partial charge in [-0.05, 0) is 68.4 Å². The Morgan fingerprint density at radius 2 is 1.19 bits per heavy atom. The second kappa shape index (κ2) is 10.9. The van der Waals surface area contributed by atoms with Crippen LogP contribution in [0.25, 0.3) is 97.4 Å². The van der Waals surface area contributed by atoms with Crippen LogP contribution in [0.5, 0.6) is 0 Å². The zero-order chi connectivity index (χ0) is 34.6. The van der Waals surface area contributed by atoms with Crippen LogP contribution < -0.4 is 0 Å². The van der Waals surface area contributed by atoms with Crippen LogP contribution >= 0.6 is 11.3 Å². The first kappa shape index (κ1) is 29.6. The molecule has 7 aromatic carbocycles. The van der Waals surface area contributed by atoms with Crippen molar-refractivity contribution in [3.63, 3.8) is 0 Å². The molecule has 0 amide bonds. The molecule has 2 nitrogen and oxygen atoms in total. The van der Waals surface area contributed by atoms with Crippen molar-refractivity contribution in [1.82, 2.24) is 9.97 Å². The molecule has 3 heterocycles. The molecule has 0 N–H and O–H groups in total. The van der Waals surface area contributed by atoms with Gasteiger partial charge in [0.1, 0.15) is 0 Å². The van der Waals surface area contributed by atoms with Crippen molar-refractivity contribution in [2.75, 3.05) is 0 Å². The largest absolute Gasteiger partial charge is 0.253 e. The lowest BCUT2D eigenvalue weighted by Crippen LogP contribution is -2.15. The summed E-state index contributed by atoms with van der Waals surface area (Å²) in [6.45, 7) is 4.77. The number of rotatable bonds is 3. The molecule has 0 bridgehead atoms. The van der Waals surface area contributed by atoms with Crippen LogP contribution in [-0.4, -0.2) is 9.97 Å². The van der Waals surface area contributed by atoms with Crippen LogP contribution in [0, 0.1) is 0 Å². The maximum Gasteiger partial charge on any atom is 0.0972 e. The summed E-state index contributed by atoms with van der Waals surface area (Å²) in [5.74, 6) is 0. The van der Waals surface area contributed by atoms with Gasteiger partial charge in [0.2, 0.25) is 0 Å². The van der Waals surface area contributed by atoms with Crippen molar-refractivity contribution in [1.29, 1.82) is 0 Å². The highest BCUT2D eigenvalue weighted by Crippen LogP contribution is 2.56. The summed E-state index contributed by atoms with van der Waals surface area (Å²) in [6, 6.07) is 55.2. The summed E-state index contributed by atoms with van der Waals surface area (Å²) in [6.07, 6.45) is 1.97. The molecule has 0 spiro atoms. The second-order valence-electron chi connectivity index (χ2n) is 14.5. The highest BCUT2D eigenvalue weighted by molar-refractivity contribution is 7.26. The number of hydrogen-bond acceptors (Lipinski definition) is 3. The third-order valence-electron chi connectivity index (χ3n) is 11.3. The third kappa shape index (κ3) is 4.17. The Kier molecular flexibility index (Phi) is 6.21. The second-order valence-corrected chi connectivity index (χ2v) is 15.6. The molecule has 0 saturated heterocycles. The fourth-order valence-electron chi connectivity index (χ4n) is 8.74. The van der Waals surface area contributed by atoms with Gasteiger partial charge in [0.15, 0.2) is 0 Å². The zero-order valence-corrected chi connectivity index (χ0v) is 29.6. The van der Waals surface area contributed by atoms with Crippen LogP contribution in [0.4, 0.5) is 0 Å². The highest BCUT2D eigenvalue weighted by atomic mass is 32.1. The lowest BCUT2D eigenvalue weighted by atomic mass is 9.80. The normalized spacial score (nSPS) is 13.3. The Hall–Kier alpha value is -6.16. The van der Waals surface area contributed by atoms with Gasteiger partial charge in [0.25, 0.3) is 0 Å². The molecule has 10 aromatic rings. The topological polar surface area (TPSA) is 25.8 Å². The number of fused-ring (bicyclic) bond motifs is 11. The van der Waals surface area contributed by atoms with Gasteiger partial charge in [-0.15, -0.1) is 11.3 Å². The Morgan fingerprint density at radius 1 is 0.500 bits per heavy atom. The molecule has 1 aliphatic carbocycles. The fourth-order valence-corrected chi connectivity index (χ4v) is 9.98. The summed E-state index contributed by atoms with van der Waals surface area (Å²) in [5.41, 5.74) is 14.2. The lowest BCUT2D eigenvalue weighted by molar-refractivity contribution is 0.661. The van der Waals surface area contributed by atoms with Gasteiger partial charge >= 0.3 is 0 Å². The molecule has 0 unspecified atom stereocenters. The summed E-state index contributed by atoms with van der Waals surface area (Å²) in [5, 5.41) is 7.33. The lowest BCUT2D eigenvalue weighted by Gasteiger charge is -2.23. The zero-order valence-electron chi connectivity index (χ0n) is 28.8. The van der Waals surface area contributed by atoms with E-state index in [-0.39, 0.29) is 5.41 Å². The molecule has 3 aromatic heterocycles. The number of aromatic nitrogens is 2. The Bertz CT molecular complexity index is 3100. The van der Waals surface area contributed by atoms with E-state index in [9.17, 15) is 0 Å². The van der Waals surface area contributed by atoms with Crippen LogP contribution in [0.3, 0.4) is 0 Å². The van der Waals surface area contributed by atoms with E-state index < -0.39 is 0 Å². The van der Waals surface area contributed by atoms with Crippen molar-refractivity contribution in [2.24, 2.45) is 0 Å². The maximum atomic E-state index is 5.34. The van der Waals surface area contributed by atoms with E-state index in [1.165, 1.54) is 64.3 Å². The quantitative estimate of drug-likeness (QED) is 0.174. The minimum atomic E-state index is -0.110. The summed E-state index contributed by atoms with van der Waals surface area (Å²) in [4.78, 5) is 10.3. The molecule has 0 atom stereocenters. The number of nitrogens with zero attached hydrogens (tertiary/aromatic N) is 2. The summed E-state index contributed by atoms with van der Waals surface area (Å²) in [7, 11) is 0. The summed E-state index contributed by atoms with van der Waals surface area (Å²) >= 11 is 1.92. The molecule has 11 rings (SSSR count). The number of pyridine rings is 2. The first-order valence-corrected chi connectivity index (χ1v) is 18.7. The van der Waals surface area contributed by atoms with Gasteiger partial charge in [-0.3, -0.25) is 4.98 Å². The van der Waals surface area contributed by atoms with Crippen LogP contribution in [0.15, 0.2) is 158 Å². The van der Waals surface area contributed by atoms with Crippen molar-refractivity contribution in [2.45, 2.75) is 19.3 Å². The molecule has 1 aliphatic rings. The van der Waals surface area contributed by atoms with Gasteiger partial charge in [0.05, 0.1) is 16.7 Å². The summed E-state index contributed by atoms with van der Waals surface area (Å²) < 4.78 is 2.67. The van der Waals surface area contributed by atoms with E-state index in [0.717, 1.165) is 44.2 Å². The SMILES string of the molecule is CC1(C)c2ccccc2-c2c1cc(-c1ccc(-c3ccc4ccc5cc(-c6ccccc6)cnc5c4n3)c3ccccc13)c1sc3ccccc3c21. The minimum Gasteiger partial charge on any atom is -0.253 e. The minimum absolute atomic E-state index is 0.110. The first-order valence-electron chi connectivity index (χ1n) is 17.9. The smallest absolute Gasteiger partial charge is 0.0972 e. The van der Waals surface area contributed by atoms with Crippen LogP contribution in [-0.2, 0) is 5.41 Å². The Balaban J connectivity index is 1.13. The van der Waals surface area contributed by atoms with E-state index in [4.69, 9.17) is 9.97 Å². The van der Waals surface area contributed by atoms with Crippen molar-refractivity contribution >= 4 is 64.1 Å². The molecule has 0 aliphatic heterocycles. The number of benzene rings is 7. The van der Waals surface area contributed by atoms with E-state index in [1.54, 1.807) is 0 Å². The van der Waals surface area contributed by atoms with E-state index in [2.05, 4.69) is 159 Å². The van der Waals surface area contributed by atoms with Crippen LogP contribution in [0.1, 0.15) is 25.0 Å². The average Bonchev–Trinajstić information content (AvgIpc) is 3.69. The Labute approximate surface area is 305 Å². The Morgan fingerprint density at radius 3 is 2.06 bits per heavy atom. The van der Waals surface area contributed by atoms with Crippen molar-refractivity contribution < 1.29 is 0 Å². The van der Waals surface area contributed by atoms with Crippen LogP contribution in [0.2, 0.25) is 0 Å². The number of hydrogen-bond donors (Lipinski definition) is 0. The molecular weight excluding hydrogens is 649 g/mol. The average molecular weight is 681 g/mol. The molecule has 0 saturated carbocycles. The first-order chi connectivity index (χ1) is 25.5. The fraction of sp³-hybridized carbons (Fsp3) is 0.0612. The maximum absolute atomic E-state index is 5.34. The molecule has 0 radical (unpaired) electrons. The van der Waals surface area contributed by atoms with Crippen molar-refractivity contribution in [3.05, 3.63) is 169 Å². The van der Waals surface area contributed by atoms with E-state index in [0.29, 0.717) is 0 Å².